The van der Waals surface area contributed by atoms with E-state index in [0.29, 0.717) is 29.7 Å². The summed E-state index contributed by atoms with van der Waals surface area (Å²) >= 11 is 0. The quantitative estimate of drug-likeness (QED) is 0.226. The van der Waals surface area contributed by atoms with Crippen LogP contribution >= 0.6 is 0 Å². The second-order valence-electron chi connectivity index (χ2n) is 11.0. The van der Waals surface area contributed by atoms with Crippen LogP contribution < -0.4 is 10.6 Å². The first-order chi connectivity index (χ1) is 19.4. The zero-order valence-corrected chi connectivity index (χ0v) is 23.1. The van der Waals surface area contributed by atoms with Crippen molar-refractivity contribution in [2.24, 2.45) is 5.92 Å². The Labute approximate surface area is 232 Å². The highest BCUT2D eigenvalue weighted by Gasteiger charge is 2.21. The van der Waals surface area contributed by atoms with Gasteiger partial charge in [0, 0.05) is 37.2 Å². The summed E-state index contributed by atoms with van der Waals surface area (Å²) < 4.78 is 7.33. The van der Waals surface area contributed by atoms with Crippen LogP contribution in [0.1, 0.15) is 60.2 Å². The predicted molar refractivity (Wildman–Crippen MR) is 156 cm³/mol. The first-order valence-electron chi connectivity index (χ1n) is 13.9. The number of hydrogen-bond acceptors (Lipinski definition) is 7. The molecule has 9 nitrogen and oxygen atoms in total. The van der Waals surface area contributed by atoms with Gasteiger partial charge in [-0.2, -0.15) is 4.98 Å². The van der Waals surface area contributed by atoms with Crippen LogP contribution in [-0.2, 0) is 6.54 Å². The van der Waals surface area contributed by atoms with Crippen molar-refractivity contribution in [1.29, 1.82) is 0 Å². The molecule has 1 fully saturated rings. The van der Waals surface area contributed by atoms with Gasteiger partial charge >= 0.3 is 5.97 Å². The maximum Gasteiger partial charge on any atom is 0.338 e. The second kappa shape index (κ2) is 10.7. The summed E-state index contributed by atoms with van der Waals surface area (Å²) in [6.45, 7) is 9.41. The molecule has 1 saturated heterocycles. The lowest BCUT2D eigenvalue weighted by Gasteiger charge is -2.23. The van der Waals surface area contributed by atoms with Crippen LogP contribution in [0.25, 0.3) is 33.2 Å². The molecular formula is C31H34N6O3. The zero-order chi connectivity index (χ0) is 27.8. The lowest BCUT2D eigenvalue weighted by Crippen LogP contribution is -2.31. The van der Waals surface area contributed by atoms with E-state index in [9.17, 15) is 9.90 Å². The van der Waals surface area contributed by atoms with E-state index in [1.54, 1.807) is 13.0 Å². The van der Waals surface area contributed by atoms with Gasteiger partial charge in [0.25, 0.3) is 0 Å². The van der Waals surface area contributed by atoms with Gasteiger partial charge in [0.1, 0.15) is 11.3 Å². The summed E-state index contributed by atoms with van der Waals surface area (Å²) in [6, 6.07) is 16.3. The molecule has 6 rings (SSSR count). The van der Waals surface area contributed by atoms with E-state index in [1.165, 1.54) is 0 Å². The molecule has 0 bridgehead atoms. The number of fused-ring (bicyclic) bond motifs is 2. The molecule has 40 heavy (non-hydrogen) atoms. The van der Waals surface area contributed by atoms with Gasteiger partial charge in [0.2, 0.25) is 11.7 Å². The third-order valence-electron chi connectivity index (χ3n) is 7.72. The van der Waals surface area contributed by atoms with E-state index in [1.807, 2.05) is 6.07 Å². The van der Waals surface area contributed by atoms with E-state index < -0.39 is 5.97 Å². The Morgan fingerprint density at radius 2 is 1.90 bits per heavy atom. The molecule has 0 aliphatic carbocycles. The monoisotopic (exact) mass is 538 g/mol. The number of nitrogens with zero attached hydrogens (tertiary/aromatic N) is 4. The number of hydrogen-bond donors (Lipinski definition) is 3. The molecule has 5 aromatic rings. The van der Waals surface area contributed by atoms with E-state index in [2.05, 4.69) is 75.6 Å². The van der Waals surface area contributed by atoms with Gasteiger partial charge in [-0.15, -0.1) is 0 Å². The average molecular weight is 539 g/mol. The van der Waals surface area contributed by atoms with Crippen molar-refractivity contribution in [1.82, 2.24) is 25.0 Å². The predicted octanol–water partition coefficient (Wildman–Crippen LogP) is 5.83. The fourth-order valence-electron chi connectivity index (χ4n) is 5.59. The number of carbonyl (C=O) groups is 1. The lowest BCUT2D eigenvalue weighted by atomic mass is 9.98. The Hall–Kier alpha value is -4.24. The van der Waals surface area contributed by atoms with Crippen LogP contribution in [0.3, 0.4) is 0 Å². The average Bonchev–Trinajstić information content (AvgIpc) is 3.55. The van der Waals surface area contributed by atoms with Crippen LogP contribution in [0.5, 0.6) is 0 Å². The van der Waals surface area contributed by atoms with Gasteiger partial charge in [-0.25, -0.2) is 9.78 Å². The normalized spacial score (nSPS) is 14.4. The molecule has 3 N–H and O–H groups in total. The minimum Gasteiger partial charge on any atom is -0.478 e. The van der Waals surface area contributed by atoms with Gasteiger partial charge in [0.15, 0.2) is 0 Å². The number of aryl methyl sites for hydroxylation is 1. The molecule has 1 aliphatic heterocycles. The topological polar surface area (TPSA) is 118 Å². The van der Waals surface area contributed by atoms with Crippen LogP contribution in [0.2, 0.25) is 0 Å². The Balaban J connectivity index is 1.38. The SMILES string of the molecule is Cc1nc(-c2ccc3ccc(Cn4c(C(C)C)nc5c(C(=O)O)cc(NCC6CCNCC6)cc54)cc3c2)no1. The van der Waals surface area contributed by atoms with Gasteiger partial charge in [-0.05, 0) is 72.5 Å². The Morgan fingerprint density at radius 3 is 2.62 bits per heavy atom. The fourth-order valence-corrected chi connectivity index (χ4v) is 5.59. The summed E-state index contributed by atoms with van der Waals surface area (Å²) in [6.07, 6.45) is 2.24. The van der Waals surface area contributed by atoms with E-state index in [-0.39, 0.29) is 11.5 Å². The number of anilines is 1. The fraction of sp³-hybridized carbons (Fsp3) is 0.355. The minimum atomic E-state index is -0.967. The van der Waals surface area contributed by atoms with Gasteiger partial charge < -0.3 is 24.8 Å². The number of carboxylic acid groups (broad SMARTS) is 1. The summed E-state index contributed by atoms with van der Waals surface area (Å²) in [4.78, 5) is 21.5. The Bertz CT molecular complexity index is 1700. The number of imidazole rings is 1. The third-order valence-corrected chi connectivity index (χ3v) is 7.72. The van der Waals surface area contributed by atoms with E-state index >= 15 is 0 Å². The molecule has 0 unspecified atom stereocenters. The van der Waals surface area contributed by atoms with Gasteiger partial charge in [0.05, 0.1) is 11.1 Å². The molecule has 2 aromatic heterocycles. The summed E-state index contributed by atoms with van der Waals surface area (Å²) in [5.41, 5.74) is 4.39. The molecule has 0 amide bonds. The molecule has 9 heteroatoms. The highest BCUT2D eigenvalue weighted by Crippen LogP contribution is 2.30. The standard InChI is InChI=1S/C31H34N6O3/c1-18(2)30-35-28-26(31(38)39)14-25(33-16-20-8-10-32-11-9-20)15-27(28)37(30)17-21-4-5-22-6-7-23(13-24(22)12-21)29-34-19(3)40-36-29/h4-7,12-15,18,20,32-33H,8-11,16-17H2,1-3H3,(H,38,39). The van der Waals surface area contributed by atoms with Crippen molar-refractivity contribution < 1.29 is 14.4 Å². The lowest BCUT2D eigenvalue weighted by molar-refractivity contribution is 0.0699. The number of rotatable bonds is 8. The minimum absolute atomic E-state index is 0.119. The van der Waals surface area contributed by atoms with Crippen molar-refractivity contribution in [3.63, 3.8) is 0 Å². The van der Waals surface area contributed by atoms with Crippen LogP contribution in [-0.4, -0.2) is 50.4 Å². The Kier molecular flexibility index (Phi) is 6.98. The number of aromatic nitrogens is 4. The van der Waals surface area contributed by atoms with Crippen LogP contribution in [0, 0.1) is 12.8 Å². The summed E-state index contributed by atoms with van der Waals surface area (Å²) in [5, 5.41) is 23.3. The molecule has 0 saturated carbocycles. The molecule has 0 atom stereocenters. The number of benzene rings is 3. The third kappa shape index (κ3) is 5.16. The van der Waals surface area contributed by atoms with E-state index in [4.69, 9.17) is 9.51 Å². The number of carboxylic acids is 1. The first kappa shape index (κ1) is 26.0. The molecular weight excluding hydrogens is 504 g/mol. The van der Waals surface area contributed by atoms with Crippen molar-refractivity contribution in [3.8, 4) is 11.4 Å². The molecule has 206 valence electrons. The molecule has 3 heterocycles. The van der Waals surface area contributed by atoms with Crippen molar-refractivity contribution >= 4 is 33.5 Å². The van der Waals surface area contributed by atoms with E-state index in [0.717, 1.165) is 71.4 Å². The Morgan fingerprint density at radius 1 is 1.10 bits per heavy atom. The highest BCUT2D eigenvalue weighted by molar-refractivity contribution is 6.03. The van der Waals surface area contributed by atoms with Crippen molar-refractivity contribution in [2.75, 3.05) is 25.0 Å². The maximum atomic E-state index is 12.3. The number of piperidine rings is 1. The van der Waals surface area contributed by atoms with Gasteiger partial charge in [-0.3, -0.25) is 0 Å². The largest absolute Gasteiger partial charge is 0.478 e. The first-order valence-corrected chi connectivity index (χ1v) is 13.9. The summed E-state index contributed by atoms with van der Waals surface area (Å²) in [7, 11) is 0. The van der Waals surface area contributed by atoms with Crippen molar-refractivity contribution in [2.45, 2.75) is 46.1 Å². The molecule has 0 radical (unpaired) electrons. The van der Waals surface area contributed by atoms with Crippen LogP contribution in [0.4, 0.5) is 5.69 Å². The van der Waals surface area contributed by atoms with Crippen molar-refractivity contribution in [3.05, 3.63) is 71.4 Å². The highest BCUT2D eigenvalue weighted by atomic mass is 16.5. The molecule has 0 spiro atoms. The molecule has 3 aromatic carbocycles. The maximum absolute atomic E-state index is 12.3. The van der Waals surface area contributed by atoms with Crippen LogP contribution in [0.15, 0.2) is 53.1 Å². The van der Waals surface area contributed by atoms with Gasteiger partial charge in [-0.1, -0.05) is 43.3 Å². The second-order valence-corrected chi connectivity index (χ2v) is 11.0. The smallest absolute Gasteiger partial charge is 0.338 e. The molecule has 1 aliphatic rings. The summed E-state index contributed by atoms with van der Waals surface area (Å²) in [5.74, 6) is 1.68. The zero-order valence-electron chi connectivity index (χ0n) is 23.1. The number of aromatic carboxylic acids is 1. The number of nitrogens with one attached hydrogen (secondary N) is 2.